The third-order valence-electron chi connectivity index (χ3n) is 3.01. The first-order valence-corrected chi connectivity index (χ1v) is 11.5. The fourth-order valence-corrected chi connectivity index (χ4v) is 11.9. The first kappa shape index (κ1) is 14.4. The van der Waals surface area contributed by atoms with Gasteiger partial charge in [0.25, 0.3) is 0 Å². The van der Waals surface area contributed by atoms with E-state index in [-0.39, 0.29) is 0 Å². The molecule has 0 rings (SSSR count). The largest absolute Gasteiger partial charge is 0.455 e. The zero-order valence-electron chi connectivity index (χ0n) is 11.3. The summed E-state index contributed by atoms with van der Waals surface area (Å²) in [5.74, 6) is 0. The second kappa shape index (κ2) is 4.50. The first-order chi connectivity index (χ1) is 6.08. The molecular weight excluding hydrogens is 204 g/mol. The summed E-state index contributed by atoms with van der Waals surface area (Å²) in [4.78, 5) is 0. The van der Waals surface area contributed by atoms with Crippen LogP contribution in [0.2, 0.25) is 36.8 Å². The monoisotopic (exact) mass is 232 g/mol. The minimum Gasteiger partial charge on any atom is -0.455 e. The molecule has 0 saturated heterocycles. The molecule has 0 aromatic carbocycles. The molecule has 1 nitrogen and oxygen atoms in total. The molecule has 0 aliphatic rings. The number of hydrogen-bond acceptors (Lipinski definition) is 1. The van der Waals surface area contributed by atoms with Crippen LogP contribution >= 0.6 is 0 Å². The average Bonchev–Trinajstić information content (AvgIpc) is 1.96. The van der Waals surface area contributed by atoms with Crippen LogP contribution in [-0.2, 0) is 4.12 Å². The van der Waals surface area contributed by atoms with Crippen LogP contribution in [0.3, 0.4) is 0 Å². The minimum absolute atomic E-state index is 0.372. The SMILES string of the molecule is CC[Si](CC)(O[Si](C)(C)C)C(C)(C)C. The van der Waals surface area contributed by atoms with E-state index in [1.165, 1.54) is 12.1 Å². The van der Waals surface area contributed by atoms with E-state index < -0.39 is 16.6 Å². The molecule has 0 saturated carbocycles. The highest BCUT2D eigenvalue weighted by molar-refractivity contribution is 6.87. The standard InChI is InChI=1S/C11H28OSi2/c1-9-14(10-2,11(3,4)5)12-13(6,7)8/h9-10H2,1-8H3. The van der Waals surface area contributed by atoms with Crippen molar-refractivity contribution >= 4 is 16.6 Å². The second-order valence-corrected chi connectivity index (χ2v) is 16.1. The van der Waals surface area contributed by atoms with Crippen molar-refractivity contribution in [3.8, 4) is 0 Å². The molecule has 0 aromatic heterocycles. The molecule has 0 aliphatic carbocycles. The van der Waals surface area contributed by atoms with E-state index in [9.17, 15) is 0 Å². The first-order valence-electron chi connectivity index (χ1n) is 5.78. The Morgan fingerprint density at radius 1 is 0.929 bits per heavy atom. The Kier molecular flexibility index (Phi) is 4.62. The molecule has 0 atom stereocenters. The molecular formula is C11H28OSi2. The van der Waals surface area contributed by atoms with Gasteiger partial charge in [-0.1, -0.05) is 34.6 Å². The van der Waals surface area contributed by atoms with Crippen molar-refractivity contribution in [1.29, 1.82) is 0 Å². The molecule has 0 unspecified atom stereocenters. The zero-order chi connectivity index (χ0) is 11.6. The van der Waals surface area contributed by atoms with Crippen LogP contribution < -0.4 is 0 Å². The van der Waals surface area contributed by atoms with Crippen molar-refractivity contribution < 1.29 is 4.12 Å². The maximum atomic E-state index is 6.57. The van der Waals surface area contributed by atoms with Crippen LogP contribution in [0.15, 0.2) is 0 Å². The van der Waals surface area contributed by atoms with E-state index in [1.807, 2.05) is 0 Å². The Morgan fingerprint density at radius 2 is 1.29 bits per heavy atom. The highest BCUT2D eigenvalue weighted by Crippen LogP contribution is 2.43. The molecule has 0 fully saturated rings. The topological polar surface area (TPSA) is 9.23 Å². The van der Waals surface area contributed by atoms with Crippen LogP contribution in [0.4, 0.5) is 0 Å². The molecule has 0 aromatic rings. The summed E-state index contributed by atoms with van der Waals surface area (Å²) in [6.45, 7) is 18.6. The second-order valence-electron chi connectivity index (χ2n) is 6.17. The number of rotatable bonds is 4. The maximum Gasteiger partial charge on any atom is 0.184 e. The van der Waals surface area contributed by atoms with Crippen molar-refractivity contribution in [2.45, 2.75) is 71.4 Å². The Bertz CT molecular complexity index is 173. The summed E-state index contributed by atoms with van der Waals surface area (Å²) < 4.78 is 6.57. The molecule has 0 radical (unpaired) electrons. The van der Waals surface area contributed by atoms with Crippen LogP contribution in [0.5, 0.6) is 0 Å². The lowest BCUT2D eigenvalue weighted by Gasteiger charge is -2.45. The molecule has 0 heterocycles. The van der Waals surface area contributed by atoms with Gasteiger partial charge in [0.05, 0.1) is 0 Å². The summed E-state index contributed by atoms with van der Waals surface area (Å²) in [7, 11) is -2.90. The lowest BCUT2D eigenvalue weighted by Crippen LogP contribution is -2.52. The van der Waals surface area contributed by atoms with Crippen LogP contribution in [0.25, 0.3) is 0 Å². The molecule has 3 heteroatoms. The van der Waals surface area contributed by atoms with E-state index in [0.717, 1.165) is 0 Å². The van der Waals surface area contributed by atoms with Crippen LogP contribution in [0, 0.1) is 0 Å². The van der Waals surface area contributed by atoms with Crippen molar-refractivity contribution in [3.05, 3.63) is 0 Å². The van der Waals surface area contributed by atoms with E-state index in [2.05, 4.69) is 54.3 Å². The Morgan fingerprint density at radius 3 is 1.36 bits per heavy atom. The molecule has 0 bridgehead atoms. The molecule has 0 amide bonds. The molecule has 0 N–H and O–H groups in total. The fraction of sp³-hybridized carbons (Fsp3) is 1.00. The van der Waals surface area contributed by atoms with E-state index in [1.54, 1.807) is 0 Å². The Labute approximate surface area is 92.5 Å². The summed E-state index contributed by atoms with van der Waals surface area (Å²) in [6, 6.07) is 2.49. The third kappa shape index (κ3) is 3.52. The van der Waals surface area contributed by atoms with E-state index in [0.29, 0.717) is 5.04 Å². The van der Waals surface area contributed by atoms with Crippen LogP contribution in [-0.4, -0.2) is 16.6 Å². The van der Waals surface area contributed by atoms with Gasteiger partial charge in [-0.3, -0.25) is 0 Å². The van der Waals surface area contributed by atoms with Crippen LogP contribution in [0.1, 0.15) is 34.6 Å². The van der Waals surface area contributed by atoms with Gasteiger partial charge in [0, 0.05) is 0 Å². The van der Waals surface area contributed by atoms with Gasteiger partial charge in [0.2, 0.25) is 0 Å². The van der Waals surface area contributed by atoms with Crippen molar-refractivity contribution in [3.63, 3.8) is 0 Å². The highest BCUT2D eigenvalue weighted by Gasteiger charge is 2.45. The van der Waals surface area contributed by atoms with Gasteiger partial charge in [0.1, 0.15) is 0 Å². The lowest BCUT2D eigenvalue weighted by molar-refractivity contribution is 0.472. The molecule has 0 aliphatic heterocycles. The Hall–Kier alpha value is 0.394. The quantitative estimate of drug-likeness (QED) is 0.643. The third-order valence-corrected chi connectivity index (χ3v) is 12.0. The van der Waals surface area contributed by atoms with Gasteiger partial charge in [-0.25, -0.2) is 0 Å². The van der Waals surface area contributed by atoms with Gasteiger partial charge in [0.15, 0.2) is 16.6 Å². The average molecular weight is 233 g/mol. The minimum atomic E-state index is -1.52. The maximum absolute atomic E-state index is 6.57. The summed E-state index contributed by atoms with van der Waals surface area (Å²) in [5, 5.41) is 0.372. The zero-order valence-corrected chi connectivity index (χ0v) is 13.3. The smallest absolute Gasteiger partial charge is 0.184 e. The van der Waals surface area contributed by atoms with Crippen molar-refractivity contribution in [2.75, 3.05) is 0 Å². The predicted molar refractivity (Wildman–Crippen MR) is 70.9 cm³/mol. The molecule has 14 heavy (non-hydrogen) atoms. The molecule has 86 valence electrons. The number of hydrogen-bond donors (Lipinski definition) is 0. The highest BCUT2D eigenvalue weighted by atomic mass is 28.4. The van der Waals surface area contributed by atoms with Gasteiger partial charge in [-0.05, 0) is 36.8 Å². The van der Waals surface area contributed by atoms with Gasteiger partial charge < -0.3 is 4.12 Å². The van der Waals surface area contributed by atoms with E-state index in [4.69, 9.17) is 4.12 Å². The van der Waals surface area contributed by atoms with Gasteiger partial charge in [-0.2, -0.15) is 0 Å². The summed E-state index contributed by atoms with van der Waals surface area (Å²) in [5.41, 5.74) is 0. The van der Waals surface area contributed by atoms with E-state index >= 15 is 0 Å². The fourth-order valence-electron chi connectivity index (χ4n) is 2.19. The van der Waals surface area contributed by atoms with Gasteiger partial charge in [-0.15, -0.1) is 0 Å². The van der Waals surface area contributed by atoms with Crippen molar-refractivity contribution in [1.82, 2.24) is 0 Å². The Balaban J connectivity index is 4.91. The van der Waals surface area contributed by atoms with Gasteiger partial charge >= 0.3 is 0 Å². The summed E-state index contributed by atoms with van der Waals surface area (Å²) in [6.07, 6.45) is 0. The predicted octanol–water partition coefficient (Wildman–Crippen LogP) is 4.62. The van der Waals surface area contributed by atoms with Crippen molar-refractivity contribution in [2.24, 2.45) is 0 Å². The molecule has 0 spiro atoms. The summed E-state index contributed by atoms with van der Waals surface area (Å²) >= 11 is 0. The lowest BCUT2D eigenvalue weighted by atomic mass is 10.2. The normalized spacial score (nSPS) is 14.6.